The number of halogens is 4. The number of nitrogens with zero attached hydrogens (tertiary/aromatic N) is 1. The average Bonchev–Trinajstić information content (AvgIpc) is 3.11. The Morgan fingerprint density at radius 2 is 2.09 bits per heavy atom. The number of fused-ring (bicyclic) bond motifs is 1. The van der Waals surface area contributed by atoms with Crippen molar-refractivity contribution in [3.05, 3.63) is 51.9 Å². The number of carbonyl (C=O) groups excluding carboxylic acids is 1. The van der Waals surface area contributed by atoms with E-state index in [2.05, 4.69) is 9.97 Å². The van der Waals surface area contributed by atoms with E-state index in [1.165, 1.54) is 24.4 Å². The Labute approximate surface area is 130 Å². The monoisotopic (exact) mass is 344 g/mol. The van der Waals surface area contributed by atoms with Gasteiger partial charge in [-0.2, -0.15) is 13.2 Å². The van der Waals surface area contributed by atoms with Crippen molar-refractivity contribution in [3.63, 3.8) is 0 Å². The van der Waals surface area contributed by atoms with Crippen molar-refractivity contribution in [3.8, 4) is 0 Å². The van der Waals surface area contributed by atoms with Gasteiger partial charge in [0.1, 0.15) is 5.82 Å². The van der Waals surface area contributed by atoms with E-state index in [1.807, 2.05) is 0 Å². The number of aliphatic hydroxyl groups excluding tert-OH is 1. The van der Waals surface area contributed by atoms with Crippen LogP contribution in [0.1, 0.15) is 27.2 Å². The molecule has 3 aromatic rings. The summed E-state index contributed by atoms with van der Waals surface area (Å²) in [5, 5.41) is 10.4. The van der Waals surface area contributed by atoms with Crippen LogP contribution in [0, 0.1) is 5.82 Å². The summed E-state index contributed by atoms with van der Waals surface area (Å²) in [7, 11) is 0. The lowest BCUT2D eigenvalue weighted by Crippen LogP contribution is -2.20. The topological polar surface area (TPSA) is 66.0 Å². The fraction of sp³-hybridized carbons (Fsp3) is 0.143. The molecular weight excluding hydrogens is 336 g/mol. The molecule has 0 amide bonds. The molecule has 3 rings (SSSR count). The van der Waals surface area contributed by atoms with Crippen molar-refractivity contribution < 1.29 is 27.5 Å². The molecule has 0 saturated carbocycles. The van der Waals surface area contributed by atoms with E-state index < -0.39 is 29.6 Å². The molecule has 0 bridgehead atoms. The van der Waals surface area contributed by atoms with Gasteiger partial charge >= 0.3 is 6.18 Å². The van der Waals surface area contributed by atoms with Crippen LogP contribution in [0.4, 0.5) is 17.6 Å². The summed E-state index contributed by atoms with van der Waals surface area (Å²) in [6.45, 7) is 0. The van der Waals surface area contributed by atoms with Gasteiger partial charge in [-0.15, -0.1) is 11.3 Å². The van der Waals surface area contributed by atoms with Crippen molar-refractivity contribution in [2.75, 3.05) is 0 Å². The molecule has 2 heterocycles. The van der Waals surface area contributed by atoms with Gasteiger partial charge in [-0.25, -0.2) is 9.37 Å². The molecule has 0 saturated heterocycles. The highest BCUT2D eigenvalue weighted by Gasteiger charge is 2.41. The second-order valence-electron chi connectivity index (χ2n) is 4.74. The second-order valence-corrected chi connectivity index (χ2v) is 5.60. The molecule has 0 spiro atoms. The van der Waals surface area contributed by atoms with Gasteiger partial charge in [0.2, 0.25) is 5.78 Å². The molecule has 0 unspecified atom stereocenters. The quantitative estimate of drug-likeness (QED) is 0.564. The minimum atomic E-state index is -4.85. The molecule has 0 aliphatic carbocycles. The number of aromatic amines is 1. The molecule has 2 aromatic heterocycles. The zero-order chi connectivity index (χ0) is 16.8. The molecule has 9 heteroatoms. The highest BCUT2D eigenvalue weighted by atomic mass is 32.1. The molecule has 4 nitrogen and oxygen atoms in total. The van der Waals surface area contributed by atoms with Crippen molar-refractivity contribution >= 4 is 28.0 Å². The van der Waals surface area contributed by atoms with E-state index in [-0.39, 0.29) is 10.6 Å². The Morgan fingerprint density at radius 3 is 2.78 bits per heavy atom. The van der Waals surface area contributed by atoms with Gasteiger partial charge in [-0.1, -0.05) is 0 Å². The highest BCUT2D eigenvalue weighted by Crippen LogP contribution is 2.33. The van der Waals surface area contributed by atoms with Crippen molar-refractivity contribution in [2.45, 2.75) is 12.3 Å². The van der Waals surface area contributed by atoms with Crippen LogP contribution in [-0.2, 0) is 0 Å². The average molecular weight is 344 g/mol. The maximum absolute atomic E-state index is 13.1. The van der Waals surface area contributed by atoms with Crippen LogP contribution in [-0.4, -0.2) is 27.0 Å². The molecule has 2 N–H and O–H groups in total. The van der Waals surface area contributed by atoms with E-state index in [9.17, 15) is 22.4 Å². The number of carbonyl (C=O) groups is 1. The predicted octanol–water partition coefficient (Wildman–Crippen LogP) is 3.59. The standard InChI is InChI=1S/C14H8F4N2O2S/c15-6-1-2-7-8(4-19-9(7)3-6)11(21)13-20-10(5-23-13)12(22)14(16,17)18/h1-5,12,19,22H/t12-/m1/s1. The first-order valence-corrected chi connectivity index (χ1v) is 7.17. The summed E-state index contributed by atoms with van der Waals surface area (Å²) in [5.41, 5.74) is -0.0698. The number of alkyl halides is 3. The SMILES string of the molecule is O=C(c1nc([C@@H](O)C(F)(F)F)cs1)c1c[nH]c2cc(F)ccc12. The number of thiazole rings is 1. The van der Waals surface area contributed by atoms with Gasteiger partial charge in [-0.05, 0) is 18.2 Å². The zero-order valence-electron chi connectivity index (χ0n) is 11.2. The zero-order valence-corrected chi connectivity index (χ0v) is 12.0. The van der Waals surface area contributed by atoms with Gasteiger partial charge in [0.15, 0.2) is 11.1 Å². The van der Waals surface area contributed by atoms with Crippen LogP contribution in [0.3, 0.4) is 0 Å². The van der Waals surface area contributed by atoms with Crippen LogP contribution >= 0.6 is 11.3 Å². The lowest BCUT2D eigenvalue weighted by molar-refractivity contribution is -0.207. The molecule has 23 heavy (non-hydrogen) atoms. The number of hydrogen-bond acceptors (Lipinski definition) is 4. The first kappa shape index (κ1) is 15.6. The molecule has 0 fully saturated rings. The Bertz CT molecular complexity index is 884. The molecule has 1 aromatic carbocycles. The number of rotatable bonds is 3. The minimum absolute atomic E-state index is 0.169. The number of hydrogen-bond donors (Lipinski definition) is 2. The Hall–Kier alpha value is -2.26. The number of aliphatic hydroxyl groups is 1. The van der Waals surface area contributed by atoms with Gasteiger partial charge < -0.3 is 10.1 Å². The van der Waals surface area contributed by atoms with E-state index in [4.69, 9.17) is 5.11 Å². The third kappa shape index (κ3) is 2.84. The van der Waals surface area contributed by atoms with Gasteiger partial charge in [0, 0.05) is 22.5 Å². The van der Waals surface area contributed by atoms with Crippen LogP contribution in [0.15, 0.2) is 29.8 Å². The molecular formula is C14H8F4N2O2S. The number of H-pyrrole nitrogens is 1. The third-order valence-electron chi connectivity index (χ3n) is 3.19. The first-order chi connectivity index (χ1) is 10.8. The van der Waals surface area contributed by atoms with E-state index in [0.29, 0.717) is 22.2 Å². The van der Waals surface area contributed by atoms with E-state index >= 15 is 0 Å². The third-order valence-corrected chi connectivity index (χ3v) is 4.05. The van der Waals surface area contributed by atoms with Crippen LogP contribution < -0.4 is 0 Å². The summed E-state index contributed by atoms with van der Waals surface area (Å²) in [4.78, 5) is 18.7. The van der Waals surface area contributed by atoms with Crippen molar-refractivity contribution in [1.82, 2.24) is 9.97 Å². The molecule has 0 radical (unpaired) electrons. The lowest BCUT2D eigenvalue weighted by Gasteiger charge is -2.11. The summed E-state index contributed by atoms with van der Waals surface area (Å²) >= 11 is 0.703. The van der Waals surface area contributed by atoms with Crippen molar-refractivity contribution in [1.29, 1.82) is 0 Å². The second kappa shape index (κ2) is 5.43. The van der Waals surface area contributed by atoms with Gasteiger partial charge in [0.05, 0.1) is 11.3 Å². The number of aromatic nitrogens is 2. The molecule has 1 atom stereocenters. The normalized spacial score (nSPS) is 13.4. The maximum Gasteiger partial charge on any atom is 0.420 e. The molecule has 0 aliphatic heterocycles. The maximum atomic E-state index is 13.1. The fourth-order valence-corrected chi connectivity index (χ4v) is 2.87. The number of nitrogens with one attached hydrogen (secondary N) is 1. The largest absolute Gasteiger partial charge is 0.420 e. The minimum Gasteiger partial charge on any atom is -0.378 e. The van der Waals surface area contributed by atoms with Crippen LogP contribution in [0.2, 0.25) is 0 Å². The molecule has 0 aliphatic rings. The van der Waals surface area contributed by atoms with E-state index in [1.54, 1.807) is 0 Å². The number of benzene rings is 1. The van der Waals surface area contributed by atoms with Crippen molar-refractivity contribution in [2.24, 2.45) is 0 Å². The molecule has 120 valence electrons. The lowest BCUT2D eigenvalue weighted by atomic mass is 10.1. The van der Waals surface area contributed by atoms with Gasteiger partial charge in [-0.3, -0.25) is 4.79 Å². The predicted molar refractivity (Wildman–Crippen MR) is 74.8 cm³/mol. The van der Waals surface area contributed by atoms with E-state index in [0.717, 1.165) is 5.38 Å². The highest BCUT2D eigenvalue weighted by molar-refractivity contribution is 7.12. The Balaban J connectivity index is 1.96. The summed E-state index contributed by atoms with van der Waals surface area (Å²) in [6.07, 6.45) is -6.25. The van der Waals surface area contributed by atoms with Gasteiger partial charge in [0.25, 0.3) is 0 Å². The first-order valence-electron chi connectivity index (χ1n) is 6.29. The summed E-state index contributed by atoms with van der Waals surface area (Å²) < 4.78 is 50.5. The Morgan fingerprint density at radius 1 is 1.35 bits per heavy atom. The summed E-state index contributed by atoms with van der Waals surface area (Å²) in [5.74, 6) is -1.09. The smallest absolute Gasteiger partial charge is 0.378 e. The Kier molecular flexibility index (Phi) is 3.69. The van der Waals surface area contributed by atoms with Crippen LogP contribution in [0.25, 0.3) is 10.9 Å². The number of ketones is 1. The summed E-state index contributed by atoms with van der Waals surface area (Å²) in [6, 6.07) is 3.77. The van der Waals surface area contributed by atoms with Crippen LogP contribution in [0.5, 0.6) is 0 Å². The fourth-order valence-electron chi connectivity index (χ4n) is 2.09.